The van der Waals surface area contributed by atoms with E-state index in [-0.39, 0.29) is 37.8 Å². The Hall–Kier alpha value is -4.72. The van der Waals surface area contributed by atoms with Crippen LogP contribution in [0.5, 0.6) is 0 Å². The molecule has 0 atom stereocenters. The molecule has 0 aliphatic rings. The van der Waals surface area contributed by atoms with Crippen molar-refractivity contribution in [3.8, 4) is 39.5 Å². The van der Waals surface area contributed by atoms with E-state index in [2.05, 4.69) is 159 Å². The molecular formula is C52H50GeIrN4S-2. The topological polar surface area (TPSA) is 43.6 Å². The average molecular weight is 1030 g/mol. The summed E-state index contributed by atoms with van der Waals surface area (Å²) in [5, 5.41) is 2.39. The van der Waals surface area contributed by atoms with Gasteiger partial charge in [0.1, 0.15) is 4.83 Å². The van der Waals surface area contributed by atoms with Crippen LogP contribution in [0.4, 0.5) is 0 Å². The number of para-hydroxylation sites is 2. The maximum atomic E-state index is 7.88. The van der Waals surface area contributed by atoms with E-state index >= 15 is 0 Å². The first-order chi connectivity index (χ1) is 29.9. The molecule has 5 aromatic carbocycles. The van der Waals surface area contributed by atoms with Crippen molar-refractivity contribution in [3.63, 3.8) is 0 Å². The second-order valence-corrected chi connectivity index (χ2v) is 28.1. The smallest absolute Gasteiger partial charge is 0 e. The Morgan fingerprint density at radius 3 is 2.17 bits per heavy atom. The molecule has 59 heavy (non-hydrogen) atoms. The number of rotatable bonds is 7. The average Bonchev–Trinajstić information content (AvgIpc) is 3.81. The molecule has 9 rings (SSSR count). The van der Waals surface area contributed by atoms with Gasteiger partial charge in [0.25, 0.3) is 0 Å². The Morgan fingerprint density at radius 1 is 0.780 bits per heavy atom. The van der Waals surface area contributed by atoms with E-state index in [4.69, 9.17) is 16.8 Å². The molecule has 4 aromatic heterocycles. The van der Waals surface area contributed by atoms with Crippen LogP contribution in [-0.4, -0.2) is 32.8 Å². The number of nitrogens with zero attached hydrogens (tertiary/aromatic N) is 4. The molecule has 1 radical (unpaired) electrons. The molecule has 4 nitrogen and oxygen atoms in total. The Labute approximate surface area is 376 Å². The molecule has 299 valence electrons. The summed E-state index contributed by atoms with van der Waals surface area (Å²) in [4.78, 5) is 15.6. The van der Waals surface area contributed by atoms with E-state index < -0.39 is 20.1 Å². The van der Waals surface area contributed by atoms with Crippen molar-refractivity contribution in [2.24, 2.45) is 0 Å². The number of aromatic nitrogens is 4. The molecule has 0 saturated carbocycles. The summed E-state index contributed by atoms with van der Waals surface area (Å²) in [5.74, 6) is 8.39. The van der Waals surface area contributed by atoms with Crippen LogP contribution >= 0.6 is 11.3 Å². The first-order valence-electron chi connectivity index (χ1n) is 22.3. The number of hydrogen-bond donors (Lipinski definition) is 0. The van der Waals surface area contributed by atoms with Gasteiger partial charge in [0.05, 0.1) is 16.9 Å². The van der Waals surface area contributed by atoms with E-state index in [9.17, 15) is 0 Å². The van der Waals surface area contributed by atoms with Crippen molar-refractivity contribution in [1.82, 2.24) is 19.5 Å². The summed E-state index contributed by atoms with van der Waals surface area (Å²) in [6.07, 6.45) is 1.84. The molecule has 0 saturated heterocycles. The minimum Gasteiger partial charge on any atom is 0 e. The second-order valence-electron chi connectivity index (χ2n) is 16.5. The monoisotopic (exact) mass is 1030 g/mol. The van der Waals surface area contributed by atoms with Gasteiger partial charge >= 0.3 is 113 Å². The van der Waals surface area contributed by atoms with Gasteiger partial charge < -0.3 is 4.57 Å². The molecule has 0 bridgehead atoms. The Bertz CT molecular complexity index is 3080. The van der Waals surface area contributed by atoms with Crippen molar-refractivity contribution in [3.05, 3.63) is 162 Å². The van der Waals surface area contributed by atoms with Crippen molar-refractivity contribution in [2.45, 2.75) is 70.6 Å². The third-order valence-electron chi connectivity index (χ3n) is 10.6. The van der Waals surface area contributed by atoms with E-state index in [1.54, 1.807) is 11.3 Å². The molecule has 0 unspecified atom stereocenters. The van der Waals surface area contributed by atoms with Gasteiger partial charge in [0.2, 0.25) is 0 Å². The molecule has 0 amide bonds. The van der Waals surface area contributed by atoms with Crippen LogP contribution in [0, 0.1) is 25.9 Å². The zero-order chi connectivity index (χ0) is 45.0. The molecule has 0 aliphatic heterocycles. The van der Waals surface area contributed by atoms with Crippen molar-refractivity contribution >= 4 is 60.3 Å². The Kier molecular flexibility index (Phi) is 10.7. The second kappa shape index (κ2) is 17.5. The quantitative estimate of drug-likeness (QED) is 0.118. The summed E-state index contributed by atoms with van der Waals surface area (Å²) in [6.45, 7) is 8.76. The molecule has 4 heterocycles. The first kappa shape index (κ1) is 36.2. The maximum Gasteiger partial charge on any atom is 0 e. The molecule has 0 N–H and O–H groups in total. The summed E-state index contributed by atoms with van der Waals surface area (Å²) in [5.41, 5.74) is 11.3. The number of fused-ring (bicyclic) bond motifs is 4. The van der Waals surface area contributed by atoms with Gasteiger partial charge in [-0.3, -0.25) is 4.98 Å². The predicted octanol–water partition coefficient (Wildman–Crippen LogP) is 13.9. The van der Waals surface area contributed by atoms with Crippen LogP contribution in [0.25, 0.3) is 70.8 Å². The van der Waals surface area contributed by atoms with Crippen LogP contribution in [0.15, 0.2) is 127 Å². The zero-order valence-corrected chi connectivity index (χ0v) is 40.0. The fraction of sp³-hybridized carbons (Fsp3) is 0.212. The SMILES string of the molecule is Cc1ccc2c(n1)sc1c(-c3nc4ccccc4n3-c3c(C(C)C)cc(-c4ccccc4)cc3C(C)C)[c-]ccc12.[2H]c1[c-]c(-c2cc[c]([Ge]([CH3])([CH3])[CH3])cn2)cc([2H])c1C([2H])([2H])[2H].[Ir]. The number of imidazole rings is 1. The number of hydrogen-bond acceptors (Lipinski definition) is 4. The standard InChI is InChI=1S/C37H32N3S.C15H18GeN.Ir/c1-22(2)30-20-26(25-12-7-6-8-13-25)21-31(23(3)4)34(30)40-33-17-10-9-16-32(33)39-36(40)29-15-11-14-27-28-19-18-24(5)38-37(28)41-35(27)29;1-12-5-7-13(8-6-12)15-10-9-14(11-17-15)16(2,3)4;/h6-14,16-23H,1-5H3;5-7,9-11H,1-4H3;/q2*-1;/i;1D3,5D,6D;. The molecular weight excluding hydrogens is 977 g/mol. The van der Waals surface area contributed by atoms with Gasteiger partial charge in [0, 0.05) is 31.5 Å². The first-order valence-corrected chi connectivity index (χ1v) is 28.0. The van der Waals surface area contributed by atoms with E-state index in [1.165, 1.54) is 53.9 Å². The minimum atomic E-state index is -2.47. The normalized spacial score (nSPS) is 13.1. The van der Waals surface area contributed by atoms with Crippen LogP contribution < -0.4 is 4.40 Å². The van der Waals surface area contributed by atoms with Crippen LogP contribution in [0.3, 0.4) is 0 Å². The Balaban J connectivity index is 0.000000227. The summed E-state index contributed by atoms with van der Waals surface area (Å²) >= 11 is -0.195. The van der Waals surface area contributed by atoms with Crippen molar-refractivity contribution in [2.75, 3.05) is 0 Å². The van der Waals surface area contributed by atoms with E-state index in [1.807, 2.05) is 24.4 Å². The molecule has 0 spiro atoms. The van der Waals surface area contributed by atoms with Crippen LogP contribution in [0.2, 0.25) is 17.3 Å². The summed E-state index contributed by atoms with van der Waals surface area (Å²) in [6, 6.07) is 43.7. The maximum absolute atomic E-state index is 7.88. The summed E-state index contributed by atoms with van der Waals surface area (Å²) < 4.78 is 42.7. The van der Waals surface area contributed by atoms with Gasteiger partial charge in [-0.15, -0.1) is 18.2 Å². The van der Waals surface area contributed by atoms with Gasteiger partial charge in [-0.2, -0.15) is 11.3 Å². The fourth-order valence-electron chi connectivity index (χ4n) is 7.40. The van der Waals surface area contributed by atoms with Gasteiger partial charge in [-0.25, -0.2) is 4.98 Å². The minimum absolute atomic E-state index is 0. The van der Waals surface area contributed by atoms with Gasteiger partial charge in [-0.1, -0.05) is 87.2 Å². The van der Waals surface area contributed by atoms with Crippen LogP contribution in [0.1, 0.15) is 68.8 Å². The van der Waals surface area contributed by atoms with Gasteiger partial charge in [0.15, 0.2) is 0 Å². The molecule has 0 fully saturated rings. The van der Waals surface area contributed by atoms with Gasteiger partial charge in [-0.05, 0) is 81.4 Å². The molecule has 9 aromatic rings. The van der Waals surface area contributed by atoms with Crippen molar-refractivity contribution < 1.29 is 27.0 Å². The van der Waals surface area contributed by atoms with E-state index in [0.717, 1.165) is 32.9 Å². The Morgan fingerprint density at radius 2 is 1.51 bits per heavy atom. The van der Waals surface area contributed by atoms with E-state index in [0.29, 0.717) is 23.1 Å². The third kappa shape index (κ3) is 8.65. The molecule has 0 aliphatic carbocycles. The third-order valence-corrected chi connectivity index (χ3v) is 15.9. The summed E-state index contributed by atoms with van der Waals surface area (Å²) in [7, 11) is 0. The largest absolute Gasteiger partial charge is 0 e. The number of pyridine rings is 2. The number of thiophene rings is 1. The van der Waals surface area contributed by atoms with Crippen LogP contribution in [-0.2, 0) is 20.1 Å². The van der Waals surface area contributed by atoms with Crippen molar-refractivity contribution in [1.29, 1.82) is 0 Å². The number of benzene rings is 5. The number of aryl methyl sites for hydroxylation is 1. The molecule has 7 heteroatoms. The zero-order valence-electron chi connectivity index (χ0n) is 39.7. The predicted molar refractivity (Wildman–Crippen MR) is 251 cm³/mol. The fourth-order valence-corrected chi connectivity index (χ4v) is 10.8.